The highest BCUT2D eigenvalue weighted by molar-refractivity contribution is 14.1. The van der Waals surface area contributed by atoms with Gasteiger partial charge in [0.15, 0.2) is 0 Å². The Morgan fingerprint density at radius 3 is 2.67 bits per heavy atom. The highest BCUT2D eigenvalue weighted by Gasteiger charge is 1.93. The average molecular weight is 311 g/mol. The summed E-state index contributed by atoms with van der Waals surface area (Å²) in [6.07, 6.45) is 7.20. The molecule has 2 heterocycles. The molecule has 15 heavy (non-hydrogen) atoms. The Kier molecular flexibility index (Phi) is 3.15. The average Bonchev–Trinajstić information content (AvgIpc) is 2.33. The largest absolute Gasteiger partial charge is 0.339 e. The molecule has 0 aliphatic heterocycles. The summed E-state index contributed by atoms with van der Waals surface area (Å²) in [6, 6.07) is 5.93. The monoisotopic (exact) mass is 311 g/mol. The molecule has 0 atom stereocenters. The minimum atomic E-state index is 1.07. The van der Waals surface area contributed by atoms with Gasteiger partial charge in [0.1, 0.15) is 0 Å². The van der Waals surface area contributed by atoms with Crippen LogP contribution in [0.5, 0.6) is 0 Å². The zero-order valence-electron chi connectivity index (χ0n) is 8.26. The van der Waals surface area contributed by atoms with Crippen molar-refractivity contribution in [2.45, 2.75) is 0 Å². The second-order valence-electron chi connectivity index (χ2n) is 3.10. The molecule has 2 rings (SSSR count). The number of fused-ring (bicyclic) bond motifs is 1. The van der Waals surface area contributed by atoms with Gasteiger partial charge in [0.25, 0.3) is 0 Å². The Balaban J connectivity index is 2.97. The van der Waals surface area contributed by atoms with Crippen molar-refractivity contribution in [2.24, 2.45) is 7.05 Å². The van der Waals surface area contributed by atoms with Crippen molar-refractivity contribution in [3.05, 3.63) is 46.7 Å². The maximum atomic E-state index is 4.13. The molecule has 0 amide bonds. The van der Waals surface area contributed by atoms with E-state index >= 15 is 0 Å². The van der Waals surface area contributed by atoms with Crippen molar-refractivity contribution < 1.29 is 0 Å². The summed E-state index contributed by atoms with van der Waals surface area (Å²) in [5.41, 5.74) is 1.13. The lowest BCUT2D eigenvalue weighted by molar-refractivity contribution is 0.923. The first-order chi connectivity index (χ1) is 7.29. The third kappa shape index (κ3) is 2.26. The molecule has 0 aliphatic rings. The predicted molar refractivity (Wildman–Crippen MR) is 68.9 cm³/mol. The van der Waals surface area contributed by atoms with E-state index in [9.17, 15) is 0 Å². The zero-order chi connectivity index (χ0) is 10.7. The zero-order valence-corrected chi connectivity index (χ0v) is 10.4. The predicted octanol–water partition coefficient (Wildman–Crippen LogP) is 2.70. The fourth-order valence-corrected chi connectivity index (χ4v) is 1.76. The van der Waals surface area contributed by atoms with Crippen LogP contribution in [0.25, 0.3) is 10.9 Å². The smallest absolute Gasteiger partial charge is 0.0815 e. The van der Waals surface area contributed by atoms with Crippen molar-refractivity contribution in [1.82, 2.24) is 14.5 Å². The highest BCUT2D eigenvalue weighted by atomic mass is 127. The van der Waals surface area contributed by atoms with Crippen molar-refractivity contribution in [3.8, 4) is 0 Å². The van der Waals surface area contributed by atoms with E-state index in [-0.39, 0.29) is 0 Å². The van der Waals surface area contributed by atoms with E-state index in [1.54, 1.807) is 18.6 Å². The molecule has 0 unspecified atom stereocenters. The second-order valence-corrected chi connectivity index (χ2v) is 4.20. The van der Waals surface area contributed by atoms with Gasteiger partial charge in [0.2, 0.25) is 0 Å². The topological polar surface area (TPSA) is 30.7 Å². The van der Waals surface area contributed by atoms with Gasteiger partial charge in [0.05, 0.1) is 9.22 Å². The third-order valence-electron chi connectivity index (χ3n) is 2.15. The summed E-state index contributed by atoms with van der Waals surface area (Å²) in [4.78, 5) is 8.24. The molecule has 2 aromatic rings. The number of hydrogen-bond donors (Lipinski definition) is 0. The van der Waals surface area contributed by atoms with Gasteiger partial charge in [-0.05, 0) is 40.8 Å². The van der Waals surface area contributed by atoms with Gasteiger partial charge in [-0.3, -0.25) is 9.97 Å². The fraction of sp³-hybridized carbons (Fsp3) is 0.0909. The van der Waals surface area contributed by atoms with E-state index in [4.69, 9.17) is 0 Å². The number of hydrogen-bond acceptors (Lipinski definition) is 2. The maximum Gasteiger partial charge on any atom is 0.0815 e. The van der Waals surface area contributed by atoms with Crippen LogP contribution < -0.4 is 0 Å². The van der Waals surface area contributed by atoms with E-state index < -0.39 is 0 Å². The molecule has 0 aliphatic carbocycles. The fourth-order valence-electron chi connectivity index (χ4n) is 1.34. The molecule has 3 nitrogen and oxygen atoms in total. The molecule has 4 heteroatoms. The lowest BCUT2D eigenvalue weighted by Crippen LogP contribution is -1.94. The molecule has 2 aromatic heterocycles. The normalized spacial score (nSPS) is 10.0. The summed E-state index contributed by atoms with van der Waals surface area (Å²) >= 11 is 2.29. The van der Waals surface area contributed by atoms with E-state index in [0.717, 1.165) is 14.6 Å². The van der Waals surface area contributed by atoms with Crippen LogP contribution in [0, 0.1) is 3.70 Å². The summed E-state index contributed by atoms with van der Waals surface area (Å²) in [7, 11) is 2.03. The van der Waals surface area contributed by atoms with Crippen LogP contribution in [0.3, 0.4) is 0 Å². The van der Waals surface area contributed by atoms with Crippen LogP contribution in [0.4, 0.5) is 0 Å². The minimum absolute atomic E-state index is 1.07. The third-order valence-corrected chi connectivity index (χ3v) is 3.23. The van der Waals surface area contributed by atoms with E-state index in [0.29, 0.717) is 0 Å². The first-order valence-electron chi connectivity index (χ1n) is 4.52. The summed E-state index contributed by atoms with van der Waals surface area (Å²) in [5.74, 6) is 0. The van der Waals surface area contributed by atoms with Crippen LogP contribution in [-0.2, 0) is 7.05 Å². The first-order valence-corrected chi connectivity index (χ1v) is 5.60. The van der Waals surface area contributed by atoms with Crippen LogP contribution in [0.1, 0.15) is 0 Å². The summed E-state index contributed by atoms with van der Waals surface area (Å²) in [5, 5.41) is 1.07. The number of rotatable bonds is 0. The number of aromatic nitrogens is 3. The van der Waals surface area contributed by atoms with Crippen LogP contribution in [0.15, 0.2) is 43.0 Å². The molecule has 76 valence electrons. The lowest BCUT2D eigenvalue weighted by atomic mass is 10.3. The van der Waals surface area contributed by atoms with Gasteiger partial charge in [-0.1, -0.05) is 0 Å². The van der Waals surface area contributed by atoms with Crippen LogP contribution >= 0.6 is 22.6 Å². The van der Waals surface area contributed by atoms with Gasteiger partial charge in [-0.15, -0.1) is 0 Å². The number of aryl methyl sites for hydroxylation is 1. The molecule has 0 saturated heterocycles. The standard InChI is InChI=1S/C11H10IN3/c1-15-10-3-6-14-8-9(10)2-5-13-7-4-11(15)12/h2-8H,1H3. The van der Waals surface area contributed by atoms with E-state index in [2.05, 4.69) is 37.1 Å². The Morgan fingerprint density at radius 1 is 1.07 bits per heavy atom. The molecule has 0 spiro atoms. The van der Waals surface area contributed by atoms with Gasteiger partial charge >= 0.3 is 0 Å². The Hall–Kier alpha value is -1.17. The van der Waals surface area contributed by atoms with Gasteiger partial charge in [0, 0.05) is 37.2 Å². The van der Waals surface area contributed by atoms with Crippen LogP contribution in [0.2, 0.25) is 0 Å². The molecule has 0 fully saturated rings. The molecular weight excluding hydrogens is 301 g/mol. The summed E-state index contributed by atoms with van der Waals surface area (Å²) < 4.78 is 3.23. The maximum absolute atomic E-state index is 4.13. The number of halogens is 1. The Bertz CT molecular complexity index is 532. The van der Waals surface area contributed by atoms with Crippen molar-refractivity contribution in [3.63, 3.8) is 0 Å². The quantitative estimate of drug-likeness (QED) is 0.700. The van der Waals surface area contributed by atoms with Gasteiger partial charge < -0.3 is 4.57 Å². The molecule has 0 N–H and O–H groups in total. The highest BCUT2D eigenvalue weighted by Crippen LogP contribution is 2.10. The lowest BCUT2D eigenvalue weighted by Gasteiger charge is -2.02. The van der Waals surface area contributed by atoms with E-state index in [1.165, 1.54) is 0 Å². The van der Waals surface area contributed by atoms with Gasteiger partial charge in [-0.2, -0.15) is 0 Å². The molecule has 0 bridgehead atoms. The Labute approximate surface area is 102 Å². The van der Waals surface area contributed by atoms with Crippen molar-refractivity contribution in [1.29, 1.82) is 0 Å². The van der Waals surface area contributed by atoms with Crippen molar-refractivity contribution >= 4 is 33.5 Å². The second kappa shape index (κ2) is 4.57. The number of pyridine rings is 1. The number of nitrogens with zero attached hydrogens (tertiary/aromatic N) is 3. The molecule has 0 aromatic carbocycles. The van der Waals surface area contributed by atoms with Crippen LogP contribution in [-0.4, -0.2) is 14.5 Å². The van der Waals surface area contributed by atoms with Crippen molar-refractivity contribution in [2.75, 3.05) is 0 Å². The Morgan fingerprint density at radius 2 is 1.80 bits per heavy atom. The molecular formula is C11H10IN3. The summed E-state index contributed by atoms with van der Waals surface area (Å²) in [6.45, 7) is 0. The van der Waals surface area contributed by atoms with E-state index in [1.807, 2.05) is 31.4 Å². The molecule has 0 saturated carbocycles. The minimum Gasteiger partial charge on any atom is -0.339 e. The SMILES string of the molecule is Cn1c(I)ccnccc2cnccc21. The first kappa shape index (κ1) is 10.4. The molecule has 0 radical (unpaired) electrons. The van der Waals surface area contributed by atoms with Gasteiger partial charge in [-0.25, -0.2) is 0 Å².